The van der Waals surface area contributed by atoms with Crippen molar-refractivity contribution in [2.45, 2.75) is 45.2 Å². The van der Waals surface area contributed by atoms with Crippen LogP contribution < -0.4 is 5.32 Å². The van der Waals surface area contributed by atoms with E-state index in [1.165, 1.54) is 25.9 Å². The van der Waals surface area contributed by atoms with E-state index in [-0.39, 0.29) is 12.4 Å². The Labute approximate surface area is 120 Å². The number of nitrogens with one attached hydrogen (secondary N) is 1. The van der Waals surface area contributed by atoms with E-state index in [0.29, 0.717) is 5.92 Å². The van der Waals surface area contributed by atoms with E-state index in [2.05, 4.69) is 34.2 Å². The minimum atomic E-state index is 0. The Morgan fingerprint density at radius 3 is 3.00 bits per heavy atom. The Kier molecular flexibility index (Phi) is 4.81. The fourth-order valence-electron chi connectivity index (χ4n) is 3.03. The van der Waals surface area contributed by atoms with E-state index >= 15 is 0 Å². The van der Waals surface area contributed by atoms with Gasteiger partial charge in [-0.05, 0) is 25.3 Å². The van der Waals surface area contributed by atoms with Gasteiger partial charge in [0, 0.05) is 25.0 Å². The highest BCUT2D eigenvalue weighted by molar-refractivity contribution is 5.85. The first-order valence-electron chi connectivity index (χ1n) is 7.00. The summed E-state index contributed by atoms with van der Waals surface area (Å²) in [5, 5.41) is 7.66. The van der Waals surface area contributed by atoms with Gasteiger partial charge in [0.1, 0.15) is 0 Å². The maximum atomic E-state index is 5.25. The van der Waals surface area contributed by atoms with Crippen LogP contribution in [0.3, 0.4) is 0 Å². The van der Waals surface area contributed by atoms with Crippen molar-refractivity contribution in [2.24, 2.45) is 5.92 Å². The third-order valence-electron chi connectivity index (χ3n) is 4.08. The van der Waals surface area contributed by atoms with Gasteiger partial charge in [-0.1, -0.05) is 19.0 Å². The first-order chi connectivity index (χ1) is 8.72. The average molecular weight is 287 g/mol. The molecule has 2 aliphatic heterocycles. The highest BCUT2D eigenvalue weighted by atomic mass is 35.5. The fraction of sp³-hybridized carbons (Fsp3) is 0.846. The van der Waals surface area contributed by atoms with E-state index in [4.69, 9.17) is 4.52 Å². The number of hydrogen-bond acceptors (Lipinski definition) is 5. The van der Waals surface area contributed by atoms with E-state index in [9.17, 15) is 0 Å². The molecule has 0 saturated carbocycles. The molecule has 3 rings (SSSR count). The molecule has 2 atom stereocenters. The molecular formula is C13H23ClN4O. The van der Waals surface area contributed by atoms with E-state index in [1.807, 2.05) is 0 Å². The van der Waals surface area contributed by atoms with E-state index in [0.717, 1.165) is 36.8 Å². The van der Waals surface area contributed by atoms with Gasteiger partial charge in [0.15, 0.2) is 5.82 Å². The van der Waals surface area contributed by atoms with Crippen LogP contribution in [0.25, 0.3) is 0 Å². The first kappa shape index (κ1) is 14.8. The van der Waals surface area contributed by atoms with Gasteiger partial charge in [0.25, 0.3) is 0 Å². The second-order valence-electron chi connectivity index (χ2n) is 5.84. The summed E-state index contributed by atoms with van der Waals surface area (Å²) in [5.41, 5.74) is 0. The SMILES string of the molecule is CC(C)c1nc(CN2CCC3NCCC3C2)no1.Cl. The summed E-state index contributed by atoms with van der Waals surface area (Å²) in [6.07, 6.45) is 2.56. The lowest BCUT2D eigenvalue weighted by Gasteiger charge is -2.33. The molecule has 0 spiro atoms. The minimum absolute atomic E-state index is 0. The summed E-state index contributed by atoms with van der Waals surface area (Å²) in [6.45, 7) is 8.48. The predicted molar refractivity (Wildman–Crippen MR) is 75.4 cm³/mol. The van der Waals surface area contributed by atoms with Crippen LogP contribution in [-0.4, -0.2) is 40.7 Å². The van der Waals surface area contributed by atoms with Gasteiger partial charge in [-0.2, -0.15) is 4.98 Å². The lowest BCUT2D eigenvalue weighted by Crippen LogP contribution is -2.44. The molecule has 2 unspecified atom stereocenters. The smallest absolute Gasteiger partial charge is 0.229 e. The first-order valence-corrected chi connectivity index (χ1v) is 7.00. The standard InChI is InChI=1S/C13H22N4O.ClH/c1-9(2)13-15-12(16-18-13)8-17-6-4-11-10(7-17)3-5-14-11;/h9-11,14H,3-8H2,1-2H3;1H. The molecular weight excluding hydrogens is 264 g/mol. The molecule has 2 saturated heterocycles. The number of rotatable bonds is 3. The largest absolute Gasteiger partial charge is 0.339 e. The monoisotopic (exact) mass is 286 g/mol. The zero-order chi connectivity index (χ0) is 12.5. The summed E-state index contributed by atoms with van der Waals surface area (Å²) < 4.78 is 5.25. The average Bonchev–Trinajstić information content (AvgIpc) is 2.96. The van der Waals surface area contributed by atoms with Crippen LogP contribution in [0.5, 0.6) is 0 Å². The number of aromatic nitrogens is 2. The summed E-state index contributed by atoms with van der Waals surface area (Å²) in [5.74, 6) is 2.72. The van der Waals surface area contributed by atoms with Gasteiger partial charge < -0.3 is 9.84 Å². The van der Waals surface area contributed by atoms with Crippen molar-refractivity contribution in [2.75, 3.05) is 19.6 Å². The van der Waals surface area contributed by atoms with Gasteiger partial charge in [0.2, 0.25) is 5.89 Å². The molecule has 0 radical (unpaired) electrons. The molecule has 0 bridgehead atoms. The highest BCUT2D eigenvalue weighted by Crippen LogP contribution is 2.25. The Morgan fingerprint density at radius 2 is 2.26 bits per heavy atom. The number of hydrogen-bond donors (Lipinski definition) is 1. The summed E-state index contributed by atoms with van der Waals surface area (Å²) in [6, 6.07) is 0.748. The Balaban J connectivity index is 0.00000133. The lowest BCUT2D eigenvalue weighted by molar-refractivity contribution is 0.151. The van der Waals surface area contributed by atoms with Gasteiger partial charge in [0.05, 0.1) is 6.54 Å². The molecule has 1 aromatic rings. The van der Waals surface area contributed by atoms with Crippen LogP contribution in [0.1, 0.15) is 44.3 Å². The lowest BCUT2D eigenvalue weighted by atomic mass is 9.93. The topological polar surface area (TPSA) is 54.2 Å². The normalized spacial score (nSPS) is 27.3. The van der Waals surface area contributed by atoms with Crippen molar-refractivity contribution in [3.8, 4) is 0 Å². The zero-order valence-electron chi connectivity index (χ0n) is 11.6. The molecule has 6 heteroatoms. The predicted octanol–water partition coefficient (Wildman–Crippen LogP) is 1.80. The van der Waals surface area contributed by atoms with Gasteiger partial charge in [-0.25, -0.2) is 0 Å². The Morgan fingerprint density at radius 1 is 1.42 bits per heavy atom. The molecule has 3 heterocycles. The minimum Gasteiger partial charge on any atom is -0.339 e. The number of piperidine rings is 1. The fourth-order valence-corrected chi connectivity index (χ4v) is 3.03. The van der Waals surface area contributed by atoms with Gasteiger partial charge in [-0.15, -0.1) is 12.4 Å². The maximum absolute atomic E-state index is 5.25. The van der Waals surface area contributed by atoms with Crippen LogP contribution in [0.2, 0.25) is 0 Å². The quantitative estimate of drug-likeness (QED) is 0.918. The number of likely N-dealkylation sites (tertiary alicyclic amines) is 1. The molecule has 2 fully saturated rings. The molecule has 5 nitrogen and oxygen atoms in total. The summed E-state index contributed by atoms with van der Waals surface area (Å²) >= 11 is 0. The molecule has 2 aliphatic rings. The highest BCUT2D eigenvalue weighted by Gasteiger charge is 2.32. The van der Waals surface area contributed by atoms with Crippen molar-refractivity contribution in [1.29, 1.82) is 0 Å². The second kappa shape index (κ2) is 6.20. The Bertz CT molecular complexity index is 409. The zero-order valence-corrected chi connectivity index (χ0v) is 12.4. The summed E-state index contributed by atoms with van der Waals surface area (Å²) in [4.78, 5) is 6.92. The van der Waals surface area contributed by atoms with Gasteiger partial charge in [-0.3, -0.25) is 4.90 Å². The number of nitrogens with zero attached hydrogens (tertiary/aromatic N) is 3. The van der Waals surface area contributed by atoms with Crippen molar-refractivity contribution >= 4 is 12.4 Å². The van der Waals surface area contributed by atoms with Crippen molar-refractivity contribution in [1.82, 2.24) is 20.4 Å². The molecule has 0 amide bonds. The van der Waals surface area contributed by atoms with Crippen molar-refractivity contribution in [3.63, 3.8) is 0 Å². The van der Waals surface area contributed by atoms with Crippen LogP contribution in [0.15, 0.2) is 4.52 Å². The van der Waals surface area contributed by atoms with Crippen LogP contribution in [0.4, 0.5) is 0 Å². The van der Waals surface area contributed by atoms with Gasteiger partial charge >= 0.3 is 0 Å². The van der Waals surface area contributed by atoms with E-state index < -0.39 is 0 Å². The molecule has 0 aromatic carbocycles. The van der Waals surface area contributed by atoms with Crippen molar-refractivity contribution in [3.05, 3.63) is 11.7 Å². The molecule has 108 valence electrons. The van der Waals surface area contributed by atoms with E-state index in [1.54, 1.807) is 0 Å². The van der Waals surface area contributed by atoms with Crippen LogP contribution in [-0.2, 0) is 6.54 Å². The third-order valence-corrected chi connectivity index (χ3v) is 4.08. The molecule has 1 N–H and O–H groups in total. The molecule has 0 aliphatic carbocycles. The third kappa shape index (κ3) is 3.27. The number of halogens is 1. The van der Waals surface area contributed by atoms with Crippen molar-refractivity contribution < 1.29 is 4.52 Å². The Hall–Kier alpha value is -0.650. The summed E-state index contributed by atoms with van der Waals surface area (Å²) in [7, 11) is 0. The second-order valence-corrected chi connectivity index (χ2v) is 5.84. The molecule has 1 aromatic heterocycles. The molecule has 19 heavy (non-hydrogen) atoms. The maximum Gasteiger partial charge on any atom is 0.229 e. The number of fused-ring (bicyclic) bond motifs is 1. The van der Waals surface area contributed by atoms with Crippen LogP contribution >= 0.6 is 12.4 Å². The van der Waals surface area contributed by atoms with Crippen LogP contribution in [0, 0.1) is 5.92 Å².